The van der Waals surface area contributed by atoms with Crippen LogP contribution >= 0.6 is 11.8 Å². The van der Waals surface area contributed by atoms with Gasteiger partial charge in [-0.25, -0.2) is 0 Å². The Morgan fingerprint density at radius 3 is 2.38 bits per heavy atom. The lowest BCUT2D eigenvalue weighted by Crippen LogP contribution is -2.28. The van der Waals surface area contributed by atoms with E-state index in [1.54, 1.807) is 0 Å². The fraction of sp³-hybridized carbons (Fsp3) is 1.00. The Hall–Kier alpha value is 0.100. The third-order valence-corrected chi connectivity index (χ3v) is 3.14. The van der Waals surface area contributed by atoms with Gasteiger partial charge in [-0.1, -0.05) is 25.6 Å². The maximum atomic E-state index is 11.9. The molecule has 0 bridgehead atoms. The third-order valence-electron chi connectivity index (χ3n) is 2.38. The lowest BCUT2D eigenvalue weighted by atomic mass is 10.0. The molecular weight excluding hydrogens is 235 g/mol. The second-order valence-corrected chi connectivity index (χ2v) is 5.44. The van der Waals surface area contributed by atoms with Crippen LogP contribution in [0.2, 0.25) is 0 Å². The molecule has 0 aromatic rings. The minimum atomic E-state index is -4.08. The van der Waals surface area contributed by atoms with Gasteiger partial charge in [-0.3, -0.25) is 0 Å². The summed E-state index contributed by atoms with van der Waals surface area (Å²) in [4.78, 5) is 0. The van der Waals surface area contributed by atoms with Crippen molar-refractivity contribution >= 4 is 11.8 Å². The fourth-order valence-corrected chi connectivity index (χ4v) is 2.32. The van der Waals surface area contributed by atoms with E-state index in [-0.39, 0.29) is 17.5 Å². The monoisotopic (exact) mass is 257 g/mol. The molecule has 0 amide bonds. The highest BCUT2D eigenvalue weighted by Crippen LogP contribution is 2.31. The number of nitrogens with one attached hydrogen (secondary N) is 1. The lowest BCUT2D eigenvalue weighted by Gasteiger charge is -2.18. The van der Waals surface area contributed by atoms with Crippen LogP contribution in [-0.4, -0.2) is 23.8 Å². The molecule has 5 heteroatoms. The van der Waals surface area contributed by atoms with Crippen molar-refractivity contribution in [2.75, 3.05) is 12.3 Å². The van der Waals surface area contributed by atoms with Gasteiger partial charge >= 0.3 is 5.51 Å². The average Bonchev–Trinajstić information content (AvgIpc) is 2.12. The largest absolute Gasteiger partial charge is 0.441 e. The van der Waals surface area contributed by atoms with E-state index in [4.69, 9.17) is 0 Å². The summed E-state index contributed by atoms with van der Waals surface area (Å²) in [5.41, 5.74) is -4.08. The molecule has 98 valence electrons. The second-order valence-electron chi connectivity index (χ2n) is 4.28. The second kappa shape index (κ2) is 8.23. The Morgan fingerprint density at radius 1 is 1.25 bits per heavy atom. The van der Waals surface area contributed by atoms with E-state index >= 15 is 0 Å². The van der Waals surface area contributed by atoms with E-state index in [0.717, 1.165) is 19.4 Å². The zero-order valence-corrected chi connectivity index (χ0v) is 11.0. The highest BCUT2D eigenvalue weighted by atomic mass is 32.2. The molecule has 2 atom stereocenters. The minimum Gasteiger partial charge on any atom is -0.314 e. The Balaban J connectivity index is 3.54. The van der Waals surface area contributed by atoms with Gasteiger partial charge in [-0.05, 0) is 38.6 Å². The van der Waals surface area contributed by atoms with Crippen LogP contribution in [0.1, 0.15) is 40.0 Å². The SMILES string of the molecule is CCCNC(C)CC(C)CCSC(F)(F)F. The summed E-state index contributed by atoms with van der Waals surface area (Å²) >= 11 is 0.0864. The zero-order valence-electron chi connectivity index (χ0n) is 10.2. The number of halogens is 3. The molecule has 0 aliphatic carbocycles. The number of thioether (sulfide) groups is 1. The molecular formula is C11H22F3NS. The third kappa shape index (κ3) is 10.6. The van der Waals surface area contributed by atoms with Crippen molar-refractivity contribution in [3.05, 3.63) is 0 Å². The van der Waals surface area contributed by atoms with Crippen LogP contribution in [0.25, 0.3) is 0 Å². The Morgan fingerprint density at radius 2 is 1.88 bits per heavy atom. The van der Waals surface area contributed by atoms with E-state index < -0.39 is 5.51 Å². The summed E-state index contributed by atoms with van der Waals surface area (Å²) in [7, 11) is 0. The van der Waals surface area contributed by atoms with Gasteiger partial charge in [0.1, 0.15) is 0 Å². The van der Waals surface area contributed by atoms with Crippen molar-refractivity contribution in [2.45, 2.75) is 51.6 Å². The van der Waals surface area contributed by atoms with Gasteiger partial charge in [0.2, 0.25) is 0 Å². The summed E-state index contributed by atoms with van der Waals surface area (Å²) in [6.45, 7) is 7.18. The molecule has 2 unspecified atom stereocenters. The predicted molar refractivity (Wildman–Crippen MR) is 64.7 cm³/mol. The zero-order chi connectivity index (χ0) is 12.6. The smallest absolute Gasteiger partial charge is 0.314 e. The van der Waals surface area contributed by atoms with Crippen LogP contribution in [0.15, 0.2) is 0 Å². The standard InChI is InChI=1S/C11H22F3NS/c1-4-6-15-10(3)8-9(2)5-7-16-11(12,13)14/h9-10,15H,4-8H2,1-3H3. The van der Waals surface area contributed by atoms with Crippen molar-refractivity contribution < 1.29 is 13.2 Å². The lowest BCUT2D eigenvalue weighted by molar-refractivity contribution is -0.0328. The topological polar surface area (TPSA) is 12.0 Å². The maximum Gasteiger partial charge on any atom is 0.441 e. The molecule has 0 radical (unpaired) electrons. The maximum absolute atomic E-state index is 11.9. The van der Waals surface area contributed by atoms with Crippen molar-refractivity contribution in [3.63, 3.8) is 0 Å². The van der Waals surface area contributed by atoms with Gasteiger partial charge in [0.05, 0.1) is 0 Å². The molecule has 0 spiro atoms. The Labute approximate surface area is 101 Å². The first-order chi connectivity index (χ1) is 7.35. The van der Waals surface area contributed by atoms with Crippen LogP contribution in [0.4, 0.5) is 13.2 Å². The van der Waals surface area contributed by atoms with E-state index in [0.29, 0.717) is 18.4 Å². The summed E-state index contributed by atoms with van der Waals surface area (Å²) in [6.07, 6.45) is 2.66. The number of hydrogen-bond acceptors (Lipinski definition) is 2. The number of rotatable bonds is 8. The normalized spacial score (nSPS) is 16.1. The van der Waals surface area contributed by atoms with Crippen LogP contribution in [0.5, 0.6) is 0 Å². The first-order valence-corrected chi connectivity index (χ1v) is 6.77. The molecule has 0 fully saturated rings. The molecule has 0 heterocycles. The van der Waals surface area contributed by atoms with E-state index in [9.17, 15) is 13.2 Å². The van der Waals surface area contributed by atoms with Crippen molar-refractivity contribution in [1.82, 2.24) is 5.32 Å². The number of hydrogen-bond donors (Lipinski definition) is 1. The van der Waals surface area contributed by atoms with Gasteiger partial charge in [0.15, 0.2) is 0 Å². The molecule has 0 aliphatic heterocycles. The van der Waals surface area contributed by atoms with Crippen LogP contribution < -0.4 is 5.32 Å². The molecule has 1 N–H and O–H groups in total. The quantitative estimate of drug-likeness (QED) is 0.704. The fourth-order valence-electron chi connectivity index (χ4n) is 1.57. The van der Waals surface area contributed by atoms with E-state index in [1.807, 2.05) is 6.92 Å². The molecule has 16 heavy (non-hydrogen) atoms. The summed E-state index contributed by atoms with van der Waals surface area (Å²) < 4.78 is 35.7. The highest BCUT2D eigenvalue weighted by Gasteiger charge is 2.27. The van der Waals surface area contributed by atoms with Gasteiger partial charge < -0.3 is 5.32 Å². The van der Waals surface area contributed by atoms with Crippen LogP contribution in [0, 0.1) is 5.92 Å². The molecule has 0 rings (SSSR count). The summed E-state index contributed by atoms with van der Waals surface area (Å²) in [5.74, 6) is 0.514. The molecule has 0 saturated carbocycles. The van der Waals surface area contributed by atoms with Gasteiger partial charge in [-0.2, -0.15) is 13.2 Å². The number of alkyl halides is 3. The van der Waals surface area contributed by atoms with Gasteiger partial charge in [0, 0.05) is 11.8 Å². The highest BCUT2D eigenvalue weighted by molar-refractivity contribution is 8.00. The van der Waals surface area contributed by atoms with Crippen molar-refractivity contribution in [1.29, 1.82) is 0 Å². The summed E-state index contributed by atoms with van der Waals surface area (Å²) in [6, 6.07) is 0.394. The molecule has 0 aromatic carbocycles. The predicted octanol–water partition coefficient (Wildman–Crippen LogP) is 4.04. The Kier molecular flexibility index (Phi) is 8.28. The van der Waals surface area contributed by atoms with Gasteiger partial charge in [0.25, 0.3) is 0 Å². The minimum absolute atomic E-state index is 0.0864. The van der Waals surface area contributed by atoms with Crippen molar-refractivity contribution in [2.24, 2.45) is 5.92 Å². The molecule has 1 nitrogen and oxygen atoms in total. The molecule has 0 aromatic heterocycles. The van der Waals surface area contributed by atoms with Crippen LogP contribution in [-0.2, 0) is 0 Å². The van der Waals surface area contributed by atoms with E-state index in [1.165, 1.54) is 0 Å². The molecule has 0 saturated heterocycles. The first kappa shape index (κ1) is 16.1. The summed E-state index contributed by atoms with van der Waals surface area (Å²) in [5, 5.41) is 3.34. The van der Waals surface area contributed by atoms with Crippen molar-refractivity contribution in [3.8, 4) is 0 Å². The first-order valence-electron chi connectivity index (χ1n) is 5.79. The van der Waals surface area contributed by atoms with E-state index in [2.05, 4.69) is 19.2 Å². The van der Waals surface area contributed by atoms with Gasteiger partial charge in [-0.15, -0.1) is 0 Å². The molecule has 0 aliphatic rings. The van der Waals surface area contributed by atoms with Crippen LogP contribution in [0.3, 0.4) is 0 Å². The Bertz CT molecular complexity index is 173. The average molecular weight is 257 g/mol.